The summed E-state index contributed by atoms with van der Waals surface area (Å²) in [5.41, 5.74) is 10.3. The quantitative estimate of drug-likeness (QED) is 0.539. The monoisotopic (exact) mass is 213 g/mol. The van der Waals surface area contributed by atoms with Gasteiger partial charge in [-0.25, -0.2) is 0 Å². The maximum atomic E-state index is 5.87. The zero-order chi connectivity index (χ0) is 11.1. The fourth-order valence-electron chi connectivity index (χ4n) is 1.86. The van der Waals surface area contributed by atoms with Crippen LogP contribution in [0, 0.1) is 6.92 Å². The van der Waals surface area contributed by atoms with E-state index in [9.17, 15) is 0 Å². The molecular formula is C11H11N5. The Bertz CT molecular complexity index is 649. The van der Waals surface area contributed by atoms with Crippen LogP contribution in [0.2, 0.25) is 0 Å². The zero-order valence-electron chi connectivity index (χ0n) is 8.78. The first kappa shape index (κ1) is 8.96. The second-order valence-electron chi connectivity index (χ2n) is 3.75. The van der Waals surface area contributed by atoms with E-state index in [1.54, 1.807) is 6.20 Å². The molecule has 0 aliphatic rings. The number of nitrogen functional groups attached to an aromatic ring is 1. The van der Waals surface area contributed by atoms with Crippen molar-refractivity contribution in [3.8, 4) is 11.3 Å². The minimum Gasteiger partial charge on any atom is -0.397 e. The molecule has 3 rings (SSSR count). The topological polar surface area (TPSA) is 83.4 Å². The number of H-pyrrole nitrogens is 2. The molecule has 0 bridgehead atoms. The van der Waals surface area contributed by atoms with Crippen molar-refractivity contribution in [1.82, 2.24) is 20.4 Å². The molecule has 0 spiro atoms. The standard InChI is InChI=1S/C11H11N5/c1-6-8(5-13-14-6)10-7-3-2-4-9(12)11(7)16-15-10/h2-5H,12H2,1H3,(H,13,14)(H,15,16). The number of hydrogen-bond acceptors (Lipinski definition) is 3. The first-order valence-electron chi connectivity index (χ1n) is 5.00. The predicted molar refractivity (Wildman–Crippen MR) is 62.8 cm³/mol. The highest BCUT2D eigenvalue weighted by atomic mass is 15.1. The fourth-order valence-corrected chi connectivity index (χ4v) is 1.86. The van der Waals surface area contributed by atoms with Crippen LogP contribution in [0.3, 0.4) is 0 Å². The normalized spacial score (nSPS) is 11.1. The lowest BCUT2D eigenvalue weighted by molar-refractivity contribution is 1.05. The van der Waals surface area contributed by atoms with E-state index in [4.69, 9.17) is 5.73 Å². The second-order valence-corrected chi connectivity index (χ2v) is 3.75. The Morgan fingerprint density at radius 1 is 1.25 bits per heavy atom. The van der Waals surface area contributed by atoms with E-state index in [1.807, 2.05) is 25.1 Å². The molecule has 1 aromatic carbocycles. The molecule has 2 aromatic heterocycles. The number of nitrogens with zero attached hydrogens (tertiary/aromatic N) is 2. The Morgan fingerprint density at radius 3 is 2.88 bits per heavy atom. The van der Waals surface area contributed by atoms with E-state index in [1.165, 1.54) is 0 Å². The Morgan fingerprint density at radius 2 is 2.12 bits per heavy atom. The van der Waals surface area contributed by atoms with E-state index < -0.39 is 0 Å². The third kappa shape index (κ3) is 1.11. The van der Waals surface area contributed by atoms with Crippen molar-refractivity contribution in [3.63, 3.8) is 0 Å². The Hall–Kier alpha value is -2.30. The summed E-state index contributed by atoms with van der Waals surface area (Å²) < 4.78 is 0. The van der Waals surface area contributed by atoms with Crippen molar-refractivity contribution < 1.29 is 0 Å². The van der Waals surface area contributed by atoms with Crippen LogP contribution in [-0.2, 0) is 0 Å². The molecule has 2 heterocycles. The lowest BCUT2D eigenvalue weighted by atomic mass is 10.1. The van der Waals surface area contributed by atoms with E-state index >= 15 is 0 Å². The maximum Gasteiger partial charge on any atom is 0.103 e. The average Bonchev–Trinajstić information content (AvgIpc) is 2.84. The predicted octanol–water partition coefficient (Wildman–Crippen LogP) is 1.84. The van der Waals surface area contributed by atoms with Crippen LogP contribution < -0.4 is 5.73 Å². The Kier molecular flexibility index (Phi) is 1.73. The molecule has 0 aliphatic carbocycles. The van der Waals surface area contributed by atoms with Gasteiger partial charge in [-0.05, 0) is 13.0 Å². The number of nitrogens with one attached hydrogen (secondary N) is 2. The minimum atomic E-state index is 0.706. The third-order valence-corrected chi connectivity index (χ3v) is 2.72. The molecule has 0 saturated heterocycles. The largest absolute Gasteiger partial charge is 0.397 e. The van der Waals surface area contributed by atoms with Crippen molar-refractivity contribution in [2.75, 3.05) is 5.73 Å². The number of benzene rings is 1. The first-order valence-corrected chi connectivity index (χ1v) is 5.00. The van der Waals surface area contributed by atoms with Gasteiger partial charge in [-0.15, -0.1) is 0 Å². The van der Waals surface area contributed by atoms with E-state index in [2.05, 4.69) is 20.4 Å². The summed E-state index contributed by atoms with van der Waals surface area (Å²) in [6, 6.07) is 5.77. The van der Waals surface area contributed by atoms with Crippen LogP contribution in [-0.4, -0.2) is 20.4 Å². The number of anilines is 1. The summed E-state index contributed by atoms with van der Waals surface area (Å²) in [6.07, 6.45) is 1.77. The molecule has 0 atom stereocenters. The van der Waals surface area contributed by atoms with Crippen LogP contribution >= 0.6 is 0 Å². The molecule has 0 saturated carbocycles. The van der Waals surface area contributed by atoms with Crippen molar-refractivity contribution in [2.45, 2.75) is 6.92 Å². The summed E-state index contributed by atoms with van der Waals surface area (Å²) in [5, 5.41) is 15.2. The highest BCUT2D eigenvalue weighted by Crippen LogP contribution is 2.29. The molecule has 0 radical (unpaired) electrons. The fraction of sp³-hybridized carbons (Fsp3) is 0.0909. The summed E-state index contributed by atoms with van der Waals surface area (Å²) in [4.78, 5) is 0. The van der Waals surface area contributed by atoms with E-state index in [0.717, 1.165) is 27.9 Å². The number of hydrogen-bond donors (Lipinski definition) is 3. The van der Waals surface area contributed by atoms with Gasteiger partial charge in [0.25, 0.3) is 0 Å². The Balaban J connectivity index is 2.34. The number of rotatable bonds is 1. The first-order chi connectivity index (χ1) is 7.77. The molecule has 4 N–H and O–H groups in total. The van der Waals surface area contributed by atoms with Gasteiger partial charge in [0.05, 0.1) is 17.4 Å². The van der Waals surface area contributed by atoms with Crippen molar-refractivity contribution in [1.29, 1.82) is 0 Å². The summed E-state index contributed by atoms with van der Waals surface area (Å²) in [5.74, 6) is 0. The van der Waals surface area contributed by atoms with Gasteiger partial charge in [-0.2, -0.15) is 10.2 Å². The van der Waals surface area contributed by atoms with Crippen LogP contribution in [0.25, 0.3) is 22.2 Å². The van der Waals surface area contributed by atoms with E-state index in [0.29, 0.717) is 5.69 Å². The molecule has 80 valence electrons. The van der Waals surface area contributed by atoms with Crippen LogP contribution in [0.5, 0.6) is 0 Å². The van der Waals surface area contributed by atoms with Gasteiger partial charge in [-0.1, -0.05) is 12.1 Å². The van der Waals surface area contributed by atoms with Gasteiger partial charge in [0, 0.05) is 16.6 Å². The lowest BCUT2D eigenvalue weighted by Crippen LogP contribution is -1.85. The molecule has 16 heavy (non-hydrogen) atoms. The third-order valence-electron chi connectivity index (χ3n) is 2.72. The summed E-state index contributed by atoms with van der Waals surface area (Å²) >= 11 is 0. The average molecular weight is 213 g/mol. The van der Waals surface area contributed by atoms with E-state index in [-0.39, 0.29) is 0 Å². The lowest BCUT2D eigenvalue weighted by Gasteiger charge is -1.96. The smallest absolute Gasteiger partial charge is 0.103 e. The molecule has 0 fully saturated rings. The Labute approximate surface area is 91.7 Å². The van der Waals surface area contributed by atoms with Crippen molar-refractivity contribution in [3.05, 3.63) is 30.1 Å². The molecular weight excluding hydrogens is 202 g/mol. The van der Waals surface area contributed by atoms with Crippen LogP contribution in [0.4, 0.5) is 5.69 Å². The molecule has 0 unspecified atom stereocenters. The van der Waals surface area contributed by atoms with Gasteiger partial charge in [-0.3, -0.25) is 10.2 Å². The highest BCUT2D eigenvalue weighted by molar-refractivity contribution is 5.98. The summed E-state index contributed by atoms with van der Waals surface area (Å²) in [7, 11) is 0. The SMILES string of the molecule is Cc1[nH]ncc1-c1n[nH]c2c(N)cccc12. The summed E-state index contributed by atoms with van der Waals surface area (Å²) in [6.45, 7) is 1.97. The highest BCUT2D eigenvalue weighted by Gasteiger charge is 2.12. The number of aromatic nitrogens is 4. The molecule has 0 aliphatic heterocycles. The van der Waals surface area contributed by atoms with Crippen LogP contribution in [0.1, 0.15) is 5.69 Å². The number of fused-ring (bicyclic) bond motifs is 1. The molecule has 5 heteroatoms. The van der Waals surface area contributed by atoms with Crippen molar-refractivity contribution in [2.24, 2.45) is 0 Å². The number of aromatic amines is 2. The zero-order valence-corrected chi connectivity index (χ0v) is 8.78. The minimum absolute atomic E-state index is 0.706. The van der Waals surface area contributed by atoms with Gasteiger partial charge >= 0.3 is 0 Å². The van der Waals surface area contributed by atoms with Gasteiger partial charge in [0.1, 0.15) is 5.69 Å². The van der Waals surface area contributed by atoms with Gasteiger partial charge in [0.2, 0.25) is 0 Å². The molecule has 3 aromatic rings. The second kappa shape index (κ2) is 3.10. The number of nitrogens with two attached hydrogens (primary N) is 1. The molecule has 0 amide bonds. The van der Waals surface area contributed by atoms with Crippen LogP contribution in [0.15, 0.2) is 24.4 Å². The maximum absolute atomic E-state index is 5.87. The van der Waals surface area contributed by atoms with Gasteiger partial charge < -0.3 is 5.73 Å². The van der Waals surface area contributed by atoms with Crippen molar-refractivity contribution >= 4 is 16.6 Å². The van der Waals surface area contributed by atoms with Gasteiger partial charge in [0.15, 0.2) is 0 Å². The molecule has 5 nitrogen and oxygen atoms in total. The number of para-hydroxylation sites is 1. The number of aryl methyl sites for hydroxylation is 1.